The van der Waals surface area contributed by atoms with Crippen LogP contribution in [0.3, 0.4) is 0 Å². The summed E-state index contributed by atoms with van der Waals surface area (Å²) in [6.07, 6.45) is 0. The minimum Gasteiger partial charge on any atom is -0.312 e. The molecule has 0 N–H and O–H groups in total. The summed E-state index contributed by atoms with van der Waals surface area (Å²) in [5.74, 6) is 0. The van der Waals surface area contributed by atoms with Crippen LogP contribution in [0.5, 0.6) is 0 Å². The summed E-state index contributed by atoms with van der Waals surface area (Å²) in [6.45, 7) is 9.41. The van der Waals surface area contributed by atoms with E-state index in [9.17, 15) is 0 Å². The molecule has 0 atom stereocenters. The van der Waals surface area contributed by atoms with Crippen LogP contribution in [0.2, 0.25) is 0 Å². The number of nitrogens with zero attached hydrogens (tertiary/aromatic N) is 3. The average Bonchev–Trinajstić information content (AvgIpc) is 4.07. The van der Waals surface area contributed by atoms with Crippen molar-refractivity contribution in [2.75, 3.05) is 14.7 Å². The molecule has 4 aliphatic rings. The van der Waals surface area contributed by atoms with Crippen molar-refractivity contribution in [3.05, 3.63) is 289 Å². The second-order valence-electron chi connectivity index (χ2n) is 22.4. The van der Waals surface area contributed by atoms with E-state index in [1.807, 2.05) is 0 Å². The monoisotopic (exact) mass is 1000 g/mol. The van der Waals surface area contributed by atoms with Crippen LogP contribution in [0.15, 0.2) is 267 Å². The lowest BCUT2D eigenvalue weighted by Gasteiger charge is -2.50. The molecule has 0 amide bonds. The van der Waals surface area contributed by atoms with E-state index in [2.05, 4.69) is 309 Å². The number of benzene rings is 11. The highest BCUT2D eigenvalue weighted by Crippen LogP contribution is 2.51. The molecule has 0 aromatic heterocycles. The summed E-state index contributed by atoms with van der Waals surface area (Å²) in [6, 6.07) is 101. The number of anilines is 9. The summed E-state index contributed by atoms with van der Waals surface area (Å²) in [5.41, 5.74) is 21.9. The van der Waals surface area contributed by atoms with Gasteiger partial charge in [0.1, 0.15) is 0 Å². The smallest absolute Gasteiger partial charge is 0.252 e. The summed E-state index contributed by atoms with van der Waals surface area (Å²) >= 11 is 0. The molecule has 0 fully saturated rings. The van der Waals surface area contributed by atoms with Crippen molar-refractivity contribution >= 4 is 103 Å². The van der Waals surface area contributed by atoms with Crippen LogP contribution in [-0.4, -0.2) is 14.8 Å². The molecule has 5 heteroatoms. The van der Waals surface area contributed by atoms with Gasteiger partial charge in [-0.3, -0.25) is 0 Å². The minimum atomic E-state index is -2.90. The van der Waals surface area contributed by atoms with Crippen molar-refractivity contribution in [1.29, 1.82) is 0 Å². The number of fused-ring (bicyclic) bond motifs is 13. The summed E-state index contributed by atoms with van der Waals surface area (Å²) in [4.78, 5) is 7.78. The van der Waals surface area contributed by atoms with Crippen LogP contribution in [0.1, 0.15) is 49.9 Å². The highest BCUT2D eigenvalue weighted by molar-refractivity contribution is 7.24. The quantitative estimate of drug-likeness (QED) is 0.140. The molecule has 4 heterocycles. The van der Waals surface area contributed by atoms with E-state index in [0.29, 0.717) is 0 Å². The third kappa shape index (κ3) is 6.50. The number of hydrogen-bond donors (Lipinski definition) is 0. The van der Waals surface area contributed by atoms with Gasteiger partial charge in [0.15, 0.2) is 8.07 Å². The highest BCUT2D eigenvalue weighted by atomic mass is 28.3. The van der Waals surface area contributed by atoms with E-state index in [1.165, 1.54) is 99.0 Å². The molecular formula is C72H56BN3Si. The van der Waals surface area contributed by atoms with E-state index >= 15 is 0 Å². The number of hydrogen-bond acceptors (Lipinski definition) is 3. The maximum Gasteiger partial charge on any atom is 0.252 e. The molecule has 3 nitrogen and oxygen atoms in total. The molecule has 11 aromatic carbocycles. The zero-order valence-electron chi connectivity index (χ0n) is 43.8. The van der Waals surface area contributed by atoms with Gasteiger partial charge in [0, 0.05) is 56.3 Å². The Morgan fingerprint density at radius 3 is 1.43 bits per heavy atom. The van der Waals surface area contributed by atoms with Crippen LogP contribution < -0.4 is 51.8 Å². The first-order valence-electron chi connectivity index (χ1n) is 27.2. The van der Waals surface area contributed by atoms with Gasteiger partial charge in [-0.1, -0.05) is 234 Å². The Morgan fingerprint density at radius 2 is 0.818 bits per heavy atom. The Morgan fingerprint density at radius 1 is 0.338 bits per heavy atom. The standard InChI is InChI=1S/C72H56BN3Si/c1-71(2,49-25-9-5-10-26-49)51-29-23-34-55(45-51)75-62-46-52(72(3,4)50-27-11-6-12-28-50)43-44-59(62)73-60-37-24-42-68-70(60)76(61-38-19-22-41-67(61)77(68)65-39-20-17-35-57(65)58-36-18-21-40-66(58)77)64-48-56(47-63(75)69(64)73)74(53-30-13-7-14-31-53)54-32-15-8-16-33-54/h5-48H,1-4H3. The molecule has 77 heavy (non-hydrogen) atoms. The van der Waals surface area contributed by atoms with Gasteiger partial charge in [-0.15, -0.1) is 0 Å². The molecule has 366 valence electrons. The first-order valence-corrected chi connectivity index (χ1v) is 29.2. The van der Waals surface area contributed by atoms with Crippen molar-refractivity contribution in [2.45, 2.75) is 38.5 Å². The van der Waals surface area contributed by atoms with Crippen LogP contribution in [0.25, 0.3) is 11.1 Å². The van der Waals surface area contributed by atoms with E-state index in [-0.39, 0.29) is 17.5 Å². The molecule has 15 rings (SSSR count). The fourth-order valence-electron chi connectivity index (χ4n) is 14.0. The molecule has 11 aromatic rings. The van der Waals surface area contributed by atoms with E-state index < -0.39 is 8.07 Å². The molecule has 1 spiro atoms. The fourth-order valence-corrected chi connectivity index (χ4v) is 19.6. The summed E-state index contributed by atoms with van der Waals surface area (Å²) < 4.78 is 0. The topological polar surface area (TPSA) is 9.72 Å². The maximum atomic E-state index is 2.69. The molecule has 0 aliphatic carbocycles. The second kappa shape index (κ2) is 17.1. The number of para-hydroxylation sites is 4. The van der Waals surface area contributed by atoms with Crippen LogP contribution in [0.4, 0.5) is 51.2 Å². The SMILES string of the molecule is CC(C)(c1ccccc1)c1cccc(N2c3cc(C(C)(C)c4ccccc4)ccc3B3c4cccc5c4N(c4ccccc4[Si]54c5ccccc5-c5ccccc54)c4cc(N(c5ccccc5)c5ccccc5)cc2c43)c1. The highest BCUT2D eigenvalue weighted by Gasteiger charge is 2.57. The second-order valence-corrected chi connectivity index (χ2v) is 26.1. The van der Waals surface area contributed by atoms with Gasteiger partial charge < -0.3 is 14.7 Å². The van der Waals surface area contributed by atoms with Gasteiger partial charge in [0.25, 0.3) is 6.71 Å². The molecule has 0 unspecified atom stereocenters. The molecule has 0 saturated heterocycles. The van der Waals surface area contributed by atoms with Crippen molar-refractivity contribution in [3.8, 4) is 11.1 Å². The van der Waals surface area contributed by atoms with Gasteiger partial charge in [-0.05, 0) is 131 Å². The predicted octanol–water partition coefficient (Wildman–Crippen LogP) is 13.6. The molecule has 0 radical (unpaired) electrons. The Kier molecular flexibility index (Phi) is 10.1. The lowest BCUT2D eigenvalue weighted by molar-refractivity contribution is 0.640. The fraction of sp³-hybridized carbons (Fsp3) is 0.0833. The van der Waals surface area contributed by atoms with Crippen molar-refractivity contribution in [1.82, 2.24) is 0 Å². The van der Waals surface area contributed by atoms with Gasteiger partial charge >= 0.3 is 0 Å². The Hall–Kier alpha value is -8.90. The molecule has 0 saturated carbocycles. The van der Waals surface area contributed by atoms with Gasteiger partial charge in [-0.25, -0.2) is 0 Å². The van der Waals surface area contributed by atoms with Gasteiger partial charge in [-0.2, -0.15) is 0 Å². The van der Waals surface area contributed by atoms with E-state index in [0.717, 1.165) is 22.7 Å². The Labute approximate surface area is 454 Å². The zero-order valence-corrected chi connectivity index (χ0v) is 44.8. The molecular weight excluding hydrogens is 946 g/mol. The molecule has 0 bridgehead atoms. The lowest BCUT2D eigenvalue weighted by Crippen LogP contribution is -2.77. The normalized spacial score (nSPS) is 14.0. The molecule has 4 aliphatic heterocycles. The number of rotatable bonds is 8. The van der Waals surface area contributed by atoms with Gasteiger partial charge in [0.05, 0.1) is 5.69 Å². The van der Waals surface area contributed by atoms with Crippen molar-refractivity contribution < 1.29 is 0 Å². The summed E-state index contributed by atoms with van der Waals surface area (Å²) in [5, 5.41) is 5.83. The average molecular weight is 1000 g/mol. The lowest BCUT2D eigenvalue weighted by atomic mass is 9.33. The third-order valence-electron chi connectivity index (χ3n) is 17.8. The third-order valence-corrected chi connectivity index (χ3v) is 22.7. The van der Waals surface area contributed by atoms with Crippen molar-refractivity contribution in [2.24, 2.45) is 0 Å². The maximum absolute atomic E-state index is 2.90. The first-order chi connectivity index (χ1) is 37.7. The van der Waals surface area contributed by atoms with Crippen LogP contribution in [-0.2, 0) is 10.8 Å². The van der Waals surface area contributed by atoms with Crippen molar-refractivity contribution in [3.63, 3.8) is 0 Å². The van der Waals surface area contributed by atoms with Gasteiger partial charge in [0.2, 0.25) is 0 Å². The van der Waals surface area contributed by atoms with E-state index in [1.54, 1.807) is 0 Å². The first kappa shape index (κ1) is 45.5. The van der Waals surface area contributed by atoms with Crippen LogP contribution >= 0.6 is 0 Å². The Bertz CT molecular complexity index is 4050. The zero-order chi connectivity index (χ0) is 51.6. The summed E-state index contributed by atoms with van der Waals surface area (Å²) in [7, 11) is -2.90. The van der Waals surface area contributed by atoms with E-state index in [4.69, 9.17) is 0 Å². The Balaban J connectivity index is 1.08. The largest absolute Gasteiger partial charge is 0.312 e. The predicted molar refractivity (Wildman–Crippen MR) is 328 cm³/mol. The minimum absolute atomic E-state index is 0.0746. The van der Waals surface area contributed by atoms with Crippen LogP contribution in [0, 0.1) is 0 Å².